The number of carbonyl (C=O) groups is 1. The lowest BCUT2D eigenvalue weighted by Gasteiger charge is -2.24. The smallest absolute Gasteiger partial charge is 0.264 e. The molecule has 0 bridgehead atoms. The molecular weight excluding hydrogens is 316 g/mol. The molecule has 0 saturated carbocycles. The maximum absolute atomic E-state index is 12.9. The molecule has 25 heavy (non-hydrogen) atoms. The number of aromatic nitrogens is 2. The topological polar surface area (TPSA) is 50.6 Å². The second kappa shape index (κ2) is 6.88. The molecule has 1 fully saturated rings. The molecule has 1 atom stereocenters. The average molecular weight is 340 g/mol. The molecule has 4 rings (SSSR count). The van der Waals surface area contributed by atoms with Gasteiger partial charge >= 0.3 is 0 Å². The minimum absolute atomic E-state index is 0.124. The summed E-state index contributed by atoms with van der Waals surface area (Å²) in [6.07, 6.45) is 5.29. The van der Waals surface area contributed by atoms with Crippen LogP contribution in [0.25, 0.3) is 0 Å². The Bertz CT molecular complexity index is 732. The number of benzene rings is 1. The van der Waals surface area contributed by atoms with Crippen molar-refractivity contribution in [3.63, 3.8) is 0 Å². The van der Waals surface area contributed by atoms with E-state index in [-0.39, 0.29) is 12.0 Å². The van der Waals surface area contributed by atoms with E-state index in [0.29, 0.717) is 6.42 Å². The van der Waals surface area contributed by atoms with Gasteiger partial charge in [-0.15, -0.1) is 0 Å². The lowest BCUT2D eigenvalue weighted by atomic mass is 10.1. The highest BCUT2D eigenvalue weighted by molar-refractivity contribution is 5.82. The van der Waals surface area contributed by atoms with Crippen LogP contribution >= 0.6 is 0 Å². The van der Waals surface area contributed by atoms with Gasteiger partial charge in [0.1, 0.15) is 5.75 Å². The number of aryl methyl sites for hydroxylation is 1. The van der Waals surface area contributed by atoms with Gasteiger partial charge in [0.25, 0.3) is 5.91 Å². The SMILES string of the molecule is Cn1cc(CN2CCCN(C(=O)C3Cc4ccccc4O3)CC2)cn1. The Kier molecular flexibility index (Phi) is 4.44. The largest absolute Gasteiger partial charge is 0.480 e. The van der Waals surface area contributed by atoms with Crippen LogP contribution in [0.15, 0.2) is 36.7 Å². The molecule has 2 aliphatic heterocycles. The second-order valence-electron chi connectivity index (χ2n) is 6.90. The quantitative estimate of drug-likeness (QED) is 0.849. The first-order chi connectivity index (χ1) is 12.2. The highest BCUT2D eigenvalue weighted by atomic mass is 16.5. The third-order valence-corrected chi connectivity index (χ3v) is 4.99. The number of rotatable bonds is 3. The molecule has 1 saturated heterocycles. The van der Waals surface area contributed by atoms with Crippen molar-refractivity contribution in [2.75, 3.05) is 26.2 Å². The van der Waals surface area contributed by atoms with Crippen LogP contribution in [0, 0.1) is 0 Å². The number of hydrogen-bond acceptors (Lipinski definition) is 4. The number of hydrogen-bond donors (Lipinski definition) is 0. The summed E-state index contributed by atoms with van der Waals surface area (Å²) >= 11 is 0. The van der Waals surface area contributed by atoms with E-state index in [4.69, 9.17) is 4.74 Å². The molecular formula is C19H24N4O2. The van der Waals surface area contributed by atoms with Gasteiger partial charge in [-0.3, -0.25) is 14.4 Å². The van der Waals surface area contributed by atoms with Crippen molar-refractivity contribution in [3.05, 3.63) is 47.8 Å². The van der Waals surface area contributed by atoms with Crippen LogP contribution in [-0.4, -0.2) is 57.8 Å². The van der Waals surface area contributed by atoms with Gasteiger partial charge in [0.05, 0.1) is 6.20 Å². The maximum atomic E-state index is 12.9. The maximum Gasteiger partial charge on any atom is 0.264 e. The van der Waals surface area contributed by atoms with Crippen LogP contribution in [0.1, 0.15) is 17.5 Å². The number of nitrogens with zero attached hydrogens (tertiary/aromatic N) is 4. The fourth-order valence-corrected chi connectivity index (χ4v) is 3.68. The summed E-state index contributed by atoms with van der Waals surface area (Å²) in [6.45, 7) is 4.35. The standard InChI is InChI=1S/C19H24N4O2/c1-21-13-15(12-20-21)14-22-7-4-8-23(10-9-22)19(24)18-11-16-5-2-3-6-17(16)25-18/h2-3,5-6,12-13,18H,4,7-11,14H2,1H3. The summed E-state index contributed by atoms with van der Waals surface area (Å²) in [6, 6.07) is 7.94. The molecule has 0 spiro atoms. The molecule has 2 aromatic rings. The molecule has 3 heterocycles. The third-order valence-electron chi connectivity index (χ3n) is 4.99. The monoisotopic (exact) mass is 340 g/mol. The van der Waals surface area contributed by atoms with Crippen molar-refractivity contribution < 1.29 is 9.53 Å². The number of para-hydroxylation sites is 1. The number of ether oxygens (including phenoxy) is 1. The van der Waals surface area contributed by atoms with E-state index < -0.39 is 0 Å². The van der Waals surface area contributed by atoms with Gasteiger partial charge in [0.15, 0.2) is 6.10 Å². The molecule has 0 radical (unpaired) electrons. The Labute approximate surface area is 148 Å². The zero-order valence-corrected chi connectivity index (χ0v) is 14.6. The van der Waals surface area contributed by atoms with Crippen molar-refractivity contribution in [3.8, 4) is 5.75 Å². The van der Waals surface area contributed by atoms with Crippen LogP contribution in [0.5, 0.6) is 5.75 Å². The normalized spacial score (nSPS) is 20.8. The average Bonchev–Trinajstić information content (AvgIpc) is 3.15. The van der Waals surface area contributed by atoms with E-state index in [0.717, 1.165) is 50.5 Å². The van der Waals surface area contributed by atoms with Gasteiger partial charge in [0.2, 0.25) is 0 Å². The zero-order chi connectivity index (χ0) is 17.2. The van der Waals surface area contributed by atoms with E-state index in [9.17, 15) is 4.79 Å². The number of fused-ring (bicyclic) bond motifs is 1. The Morgan fingerprint density at radius 2 is 2.12 bits per heavy atom. The van der Waals surface area contributed by atoms with Crippen LogP contribution in [0.3, 0.4) is 0 Å². The molecule has 132 valence electrons. The van der Waals surface area contributed by atoms with Gasteiger partial charge in [-0.1, -0.05) is 18.2 Å². The zero-order valence-electron chi connectivity index (χ0n) is 14.6. The van der Waals surface area contributed by atoms with E-state index >= 15 is 0 Å². The summed E-state index contributed by atoms with van der Waals surface area (Å²) in [5, 5.41) is 4.23. The summed E-state index contributed by atoms with van der Waals surface area (Å²) in [5.41, 5.74) is 2.35. The molecule has 1 amide bonds. The highest BCUT2D eigenvalue weighted by Crippen LogP contribution is 2.29. The Balaban J connectivity index is 1.34. The third kappa shape index (κ3) is 3.54. The second-order valence-corrected chi connectivity index (χ2v) is 6.90. The number of amides is 1. The van der Waals surface area contributed by atoms with Gasteiger partial charge in [-0.05, 0) is 18.1 Å². The van der Waals surface area contributed by atoms with Crippen LogP contribution < -0.4 is 4.74 Å². The van der Waals surface area contributed by atoms with Crippen molar-refractivity contribution in [2.24, 2.45) is 7.05 Å². The van der Waals surface area contributed by atoms with E-state index in [1.807, 2.05) is 47.1 Å². The fraction of sp³-hybridized carbons (Fsp3) is 0.474. The molecule has 2 aliphatic rings. The van der Waals surface area contributed by atoms with Crippen molar-refractivity contribution in [2.45, 2.75) is 25.5 Å². The van der Waals surface area contributed by atoms with Gasteiger partial charge in [0, 0.05) is 58.0 Å². The van der Waals surface area contributed by atoms with E-state index in [1.165, 1.54) is 5.56 Å². The molecule has 1 aromatic heterocycles. The lowest BCUT2D eigenvalue weighted by Crippen LogP contribution is -2.43. The Morgan fingerprint density at radius 3 is 2.92 bits per heavy atom. The molecule has 6 nitrogen and oxygen atoms in total. The van der Waals surface area contributed by atoms with Crippen molar-refractivity contribution in [1.29, 1.82) is 0 Å². The first kappa shape index (κ1) is 16.1. The van der Waals surface area contributed by atoms with E-state index in [2.05, 4.69) is 16.2 Å². The van der Waals surface area contributed by atoms with Gasteiger partial charge < -0.3 is 9.64 Å². The first-order valence-corrected chi connectivity index (χ1v) is 8.92. The predicted molar refractivity (Wildman–Crippen MR) is 94.2 cm³/mol. The van der Waals surface area contributed by atoms with Crippen LogP contribution in [-0.2, 0) is 24.8 Å². The summed E-state index contributed by atoms with van der Waals surface area (Å²) in [5.74, 6) is 0.980. The summed E-state index contributed by atoms with van der Waals surface area (Å²) in [7, 11) is 1.94. The molecule has 1 unspecified atom stereocenters. The fourth-order valence-electron chi connectivity index (χ4n) is 3.68. The number of carbonyl (C=O) groups excluding carboxylic acids is 1. The van der Waals surface area contributed by atoms with Gasteiger partial charge in [-0.2, -0.15) is 5.10 Å². The van der Waals surface area contributed by atoms with Gasteiger partial charge in [-0.25, -0.2) is 0 Å². The molecule has 1 aromatic carbocycles. The minimum atomic E-state index is -0.359. The predicted octanol–water partition coefficient (Wildman–Crippen LogP) is 1.46. The minimum Gasteiger partial charge on any atom is -0.480 e. The van der Waals surface area contributed by atoms with E-state index in [1.54, 1.807) is 0 Å². The summed E-state index contributed by atoms with van der Waals surface area (Å²) < 4.78 is 7.70. The molecule has 0 N–H and O–H groups in total. The van der Waals surface area contributed by atoms with Crippen molar-refractivity contribution in [1.82, 2.24) is 19.6 Å². The summed E-state index contributed by atoms with van der Waals surface area (Å²) in [4.78, 5) is 17.2. The Hall–Kier alpha value is -2.34. The van der Waals surface area contributed by atoms with Crippen LogP contribution in [0.2, 0.25) is 0 Å². The lowest BCUT2D eigenvalue weighted by molar-refractivity contribution is -0.137. The molecule has 6 heteroatoms. The van der Waals surface area contributed by atoms with Crippen LogP contribution in [0.4, 0.5) is 0 Å². The molecule has 0 aliphatic carbocycles. The Morgan fingerprint density at radius 1 is 1.24 bits per heavy atom. The first-order valence-electron chi connectivity index (χ1n) is 8.92. The van der Waals surface area contributed by atoms with Crippen molar-refractivity contribution >= 4 is 5.91 Å². The highest BCUT2D eigenvalue weighted by Gasteiger charge is 2.32.